The van der Waals surface area contributed by atoms with Crippen LogP contribution in [0.2, 0.25) is 0 Å². The summed E-state index contributed by atoms with van der Waals surface area (Å²) in [5.74, 6) is -2.66. The molecule has 0 aliphatic carbocycles. The Bertz CT molecular complexity index is 1230. The van der Waals surface area contributed by atoms with Gasteiger partial charge in [-0.3, -0.25) is 4.79 Å². The van der Waals surface area contributed by atoms with E-state index in [-0.39, 0.29) is 43.9 Å². The van der Waals surface area contributed by atoms with E-state index in [0.717, 1.165) is 6.42 Å². The number of hydrogen-bond donors (Lipinski definition) is 7. The normalized spacial score (nSPS) is 47.9. The van der Waals surface area contributed by atoms with Crippen molar-refractivity contribution in [2.24, 2.45) is 17.8 Å². The number of likely N-dealkylation sites (N-methyl/N-ethyl adjacent to an activating group) is 1. The molecule has 0 amide bonds. The molecule has 15 nitrogen and oxygen atoms in total. The number of nitrogens with one attached hydrogen (secondary N) is 2. The standard InChI is InChI=1S/C41H79N3O12/c1-15-17-42-22-41(50)28(8)53-31(20-39(41,10)51-14)55-33-25(5)35(56-37-32(45)29(44(12)13)18-24(4)52-37)38(9,48)19-23(3)21-43-27(7)34(46)40(11,49)30(16-2)54-36(47)26(33)6/h23-35,37,42-43,45-46,48-50H,15-22H2,1-14H3/t23?,24-,25?,26?,27?,28+,29+,30?,31+,32-,33?,34?,35?,37+,38?,39-,40?,41+/m1/s1. The second-order valence-electron chi connectivity index (χ2n) is 18.2. The highest BCUT2D eigenvalue weighted by Gasteiger charge is 2.58. The number of ether oxygens (including phenoxy) is 6. The van der Waals surface area contributed by atoms with Crippen LogP contribution >= 0.6 is 0 Å². The van der Waals surface area contributed by atoms with E-state index >= 15 is 0 Å². The minimum atomic E-state index is -1.81. The quantitative estimate of drug-likeness (QED) is 0.118. The van der Waals surface area contributed by atoms with Crippen molar-refractivity contribution in [3.63, 3.8) is 0 Å². The van der Waals surface area contributed by atoms with Crippen molar-refractivity contribution in [3.8, 4) is 0 Å². The summed E-state index contributed by atoms with van der Waals surface area (Å²) >= 11 is 0. The molecular formula is C41H79N3O12. The molecule has 18 atom stereocenters. The van der Waals surface area contributed by atoms with Gasteiger partial charge in [0.2, 0.25) is 0 Å². The molecule has 0 bridgehead atoms. The van der Waals surface area contributed by atoms with Crippen LogP contribution in [0.1, 0.15) is 108 Å². The summed E-state index contributed by atoms with van der Waals surface area (Å²) in [6.45, 7) is 20.9. The fourth-order valence-electron chi connectivity index (χ4n) is 9.21. The van der Waals surface area contributed by atoms with Gasteiger partial charge in [-0.1, -0.05) is 27.7 Å². The van der Waals surface area contributed by atoms with Crippen molar-refractivity contribution in [1.82, 2.24) is 15.5 Å². The molecule has 56 heavy (non-hydrogen) atoms. The van der Waals surface area contributed by atoms with E-state index in [1.807, 2.05) is 53.6 Å². The lowest BCUT2D eigenvalue weighted by Crippen LogP contribution is -2.70. The van der Waals surface area contributed by atoms with Gasteiger partial charge in [0.05, 0.1) is 35.9 Å². The van der Waals surface area contributed by atoms with Crippen molar-refractivity contribution >= 4 is 5.97 Å². The Kier molecular flexibility index (Phi) is 17.6. The van der Waals surface area contributed by atoms with E-state index in [1.165, 1.54) is 14.0 Å². The first-order valence-corrected chi connectivity index (χ1v) is 20.9. The Labute approximate surface area is 336 Å². The third-order valence-corrected chi connectivity index (χ3v) is 13.0. The topological polar surface area (TPSA) is 201 Å². The summed E-state index contributed by atoms with van der Waals surface area (Å²) in [5, 5.41) is 65.8. The molecule has 7 N–H and O–H groups in total. The Hall–Kier alpha value is -1.05. The van der Waals surface area contributed by atoms with Crippen LogP contribution in [0.3, 0.4) is 0 Å². The number of methoxy groups -OCH3 is 1. The van der Waals surface area contributed by atoms with Gasteiger partial charge < -0.3 is 69.5 Å². The predicted molar refractivity (Wildman–Crippen MR) is 212 cm³/mol. The van der Waals surface area contributed by atoms with Gasteiger partial charge in [0.25, 0.3) is 0 Å². The lowest BCUT2D eigenvalue weighted by molar-refractivity contribution is -0.336. The van der Waals surface area contributed by atoms with Crippen LogP contribution in [0.4, 0.5) is 0 Å². The maximum atomic E-state index is 14.3. The minimum Gasteiger partial charge on any atom is -0.459 e. The lowest BCUT2D eigenvalue weighted by atomic mass is 9.75. The molecule has 10 unspecified atom stereocenters. The van der Waals surface area contributed by atoms with E-state index in [0.29, 0.717) is 19.5 Å². The lowest BCUT2D eigenvalue weighted by Gasteiger charge is -2.53. The fraction of sp³-hybridized carbons (Fsp3) is 0.976. The Morgan fingerprint density at radius 3 is 2.18 bits per heavy atom. The monoisotopic (exact) mass is 806 g/mol. The molecule has 3 fully saturated rings. The zero-order valence-electron chi connectivity index (χ0n) is 36.8. The second kappa shape index (κ2) is 20.0. The summed E-state index contributed by atoms with van der Waals surface area (Å²) < 4.78 is 38.3. The molecule has 0 aromatic heterocycles. The van der Waals surface area contributed by atoms with Crippen molar-refractivity contribution < 1.29 is 58.7 Å². The molecule has 15 heteroatoms. The number of nitrogens with zero attached hydrogens (tertiary/aromatic N) is 1. The summed E-state index contributed by atoms with van der Waals surface area (Å²) in [4.78, 5) is 16.2. The first-order valence-electron chi connectivity index (χ1n) is 20.9. The maximum Gasteiger partial charge on any atom is 0.311 e. The third kappa shape index (κ3) is 11.0. The SMILES string of the molecule is CCCNC[C@]1(O)[C@H](C)O[C@@H](OC2C(C)C(=O)OC(CC)C(C)(O)C(O)C(C)NCC(C)CC(C)(O)C(O[C@@H]3O[C@H](C)C[C@H](N(C)C)[C@H]3O)C2C)C[C@@]1(C)OC. The molecule has 0 spiro atoms. The van der Waals surface area contributed by atoms with Gasteiger partial charge in [-0.2, -0.15) is 0 Å². The molecule has 3 aliphatic heterocycles. The molecule has 3 saturated heterocycles. The van der Waals surface area contributed by atoms with Crippen LogP contribution in [-0.4, -0.2) is 167 Å². The number of carbonyl (C=O) groups excluding carboxylic acids is 1. The number of hydrogen-bond acceptors (Lipinski definition) is 15. The van der Waals surface area contributed by atoms with Crippen molar-refractivity contribution in [2.75, 3.05) is 40.8 Å². The molecule has 0 aromatic rings. The number of carbonyl (C=O) groups is 1. The van der Waals surface area contributed by atoms with Crippen LogP contribution in [0, 0.1) is 17.8 Å². The zero-order chi connectivity index (χ0) is 42.6. The average Bonchev–Trinajstić information content (AvgIpc) is 3.12. The average molecular weight is 806 g/mol. The van der Waals surface area contributed by atoms with E-state index in [9.17, 15) is 30.3 Å². The van der Waals surface area contributed by atoms with Crippen molar-refractivity contribution in [1.29, 1.82) is 0 Å². The Morgan fingerprint density at radius 1 is 0.964 bits per heavy atom. The molecule has 3 heterocycles. The smallest absolute Gasteiger partial charge is 0.311 e. The minimum absolute atomic E-state index is 0.0939. The van der Waals surface area contributed by atoms with Gasteiger partial charge in [-0.15, -0.1) is 0 Å². The highest BCUT2D eigenvalue weighted by molar-refractivity contribution is 5.73. The molecule has 330 valence electrons. The van der Waals surface area contributed by atoms with E-state index in [2.05, 4.69) is 10.6 Å². The number of aliphatic hydroxyl groups is 5. The second-order valence-corrected chi connectivity index (χ2v) is 18.2. The van der Waals surface area contributed by atoms with Gasteiger partial charge in [-0.05, 0) is 107 Å². The number of cyclic esters (lactones) is 1. The van der Waals surface area contributed by atoms with E-state index in [4.69, 9.17) is 28.4 Å². The van der Waals surface area contributed by atoms with E-state index < -0.39 is 95.5 Å². The molecular weight excluding hydrogens is 726 g/mol. The predicted octanol–water partition coefficient (Wildman–Crippen LogP) is 1.93. The van der Waals surface area contributed by atoms with Crippen LogP contribution < -0.4 is 10.6 Å². The van der Waals surface area contributed by atoms with E-state index in [1.54, 1.807) is 34.6 Å². The first-order chi connectivity index (χ1) is 25.9. The van der Waals surface area contributed by atoms with Crippen LogP contribution in [0.25, 0.3) is 0 Å². The Morgan fingerprint density at radius 2 is 1.61 bits per heavy atom. The number of aliphatic hydroxyl groups excluding tert-OH is 2. The van der Waals surface area contributed by atoms with Gasteiger partial charge in [-0.25, -0.2) is 0 Å². The molecule has 3 aliphatic rings. The summed E-state index contributed by atoms with van der Waals surface area (Å²) in [6, 6.07) is -0.877. The fourth-order valence-corrected chi connectivity index (χ4v) is 9.21. The molecule has 0 aromatic carbocycles. The van der Waals surface area contributed by atoms with Gasteiger partial charge in [0.15, 0.2) is 12.6 Å². The summed E-state index contributed by atoms with van der Waals surface area (Å²) in [7, 11) is 5.31. The van der Waals surface area contributed by atoms with Crippen molar-refractivity contribution in [3.05, 3.63) is 0 Å². The number of rotatable bonds is 11. The molecule has 0 radical (unpaired) electrons. The largest absolute Gasteiger partial charge is 0.459 e. The third-order valence-electron chi connectivity index (χ3n) is 13.0. The Balaban J connectivity index is 2.16. The summed E-state index contributed by atoms with van der Waals surface area (Å²) in [5.41, 5.74) is -5.95. The van der Waals surface area contributed by atoms with Gasteiger partial charge in [0, 0.05) is 38.1 Å². The van der Waals surface area contributed by atoms with Crippen LogP contribution in [-0.2, 0) is 33.2 Å². The van der Waals surface area contributed by atoms with Crippen LogP contribution in [0.15, 0.2) is 0 Å². The maximum absolute atomic E-state index is 14.3. The number of esters is 1. The van der Waals surface area contributed by atoms with Crippen molar-refractivity contribution in [2.45, 2.75) is 198 Å². The first kappa shape index (κ1) is 49.3. The zero-order valence-corrected chi connectivity index (χ0v) is 36.8. The highest BCUT2D eigenvalue weighted by atomic mass is 16.7. The van der Waals surface area contributed by atoms with Gasteiger partial charge >= 0.3 is 5.97 Å². The van der Waals surface area contributed by atoms with Gasteiger partial charge in [0.1, 0.15) is 35.1 Å². The summed E-state index contributed by atoms with van der Waals surface area (Å²) in [6.07, 6.45) is -6.71. The highest BCUT2D eigenvalue weighted by Crippen LogP contribution is 2.43. The van der Waals surface area contributed by atoms with Crippen LogP contribution in [0.5, 0.6) is 0 Å². The molecule has 0 saturated carbocycles. The molecule has 3 rings (SSSR count).